The Kier molecular flexibility index (Phi) is 6.89. The van der Waals surface area contributed by atoms with Gasteiger partial charge in [-0.05, 0) is 31.9 Å². The number of nitrogens with one attached hydrogen (secondary N) is 2. The van der Waals surface area contributed by atoms with Gasteiger partial charge in [0.05, 0.1) is 6.04 Å². The van der Waals surface area contributed by atoms with Gasteiger partial charge in [0, 0.05) is 18.7 Å². The summed E-state index contributed by atoms with van der Waals surface area (Å²) in [4.78, 5) is 48.5. The lowest BCUT2D eigenvalue weighted by atomic mass is 10.1. The molecule has 0 radical (unpaired) electrons. The van der Waals surface area contributed by atoms with E-state index in [9.17, 15) is 29.4 Å². The lowest BCUT2D eigenvalue weighted by molar-refractivity contribution is -0.149. The Morgan fingerprint density at radius 3 is 2.44 bits per heavy atom. The van der Waals surface area contributed by atoms with Gasteiger partial charge in [0.2, 0.25) is 5.91 Å². The van der Waals surface area contributed by atoms with Crippen molar-refractivity contribution in [3.05, 3.63) is 35.9 Å². The van der Waals surface area contributed by atoms with E-state index in [1.807, 2.05) is 0 Å². The summed E-state index contributed by atoms with van der Waals surface area (Å²) in [6.07, 6.45) is 0.966. The first kappa shape index (κ1) is 20.4. The van der Waals surface area contributed by atoms with E-state index in [0.29, 0.717) is 24.9 Å². The minimum atomic E-state index is -1.22. The van der Waals surface area contributed by atoms with Gasteiger partial charge in [-0.1, -0.05) is 18.2 Å². The number of carbonyl (C=O) groups excluding carboxylic acids is 2. The van der Waals surface area contributed by atoms with Crippen LogP contribution in [0.1, 0.15) is 30.1 Å². The summed E-state index contributed by atoms with van der Waals surface area (Å²) in [7, 11) is 0. The van der Waals surface area contributed by atoms with Crippen molar-refractivity contribution in [1.82, 2.24) is 15.5 Å². The van der Waals surface area contributed by atoms with E-state index in [1.54, 1.807) is 30.3 Å². The molecule has 1 fully saturated rings. The first-order chi connectivity index (χ1) is 12.8. The average Bonchev–Trinajstić information content (AvgIpc) is 3.14. The zero-order valence-corrected chi connectivity index (χ0v) is 14.9. The molecule has 1 saturated heterocycles. The van der Waals surface area contributed by atoms with E-state index < -0.39 is 41.9 Å². The van der Waals surface area contributed by atoms with Crippen LogP contribution < -0.4 is 10.6 Å². The van der Waals surface area contributed by atoms with E-state index in [4.69, 9.17) is 0 Å². The normalized spacial score (nSPS) is 18.6. The van der Waals surface area contributed by atoms with Crippen LogP contribution in [0, 0.1) is 0 Å². The molecule has 0 unspecified atom stereocenters. The second-order valence-electron chi connectivity index (χ2n) is 6.38. The Morgan fingerprint density at radius 2 is 1.85 bits per heavy atom. The average molecular weight is 377 g/mol. The van der Waals surface area contributed by atoms with Crippen LogP contribution in [0.4, 0.5) is 0 Å². The van der Waals surface area contributed by atoms with Crippen molar-refractivity contribution in [2.24, 2.45) is 0 Å². The van der Waals surface area contributed by atoms with Crippen molar-refractivity contribution >= 4 is 23.8 Å². The number of likely N-dealkylation sites (tertiary alicyclic amines) is 1. The molecule has 2 rings (SSSR count). The number of amides is 2. The molecule has 2 amide bonds. The monoisotopic (exact) mass is 377 g/mol. The number of carbonyl (C=O) groups is 4. The van der Waals surface area contributed by atoms with Gasteiger partial charge in [-0.15, -0.1) is 0 Å². The van der Waals surface area contributed by atoms with Gasteiger partial charge < -0.3 is 20.4 Å². The Bertz CT molecular complexity index is 708. The summed E-state index contributed by atoms with van der Waals surface area (Å²) >= 11 is 0. The first-order valence-corrected chi connectivity index (χ1v) is 8.66. The molecule has 9 nitrogen and oxygen atoms in total. The van der Waals surface area contributed by atoms with Crippen LogP contribution in [0.15, 0.2) is 30.3 Å². The highest BCUT2D eigenvalue weighted by Crippen LogP contribution is 2.18. The Balaban J connectivity index is 1.94. The maximum Gasteiger partial charge on any atom is 0.326 e. The quantitative estimate of drug-likeness (QED) is 0.497. The molecule has 1 aromatic carbocycles. The van der Waals surface area contributed by atoms with Crippen LogP contribution in [0.5, 0.6) is 0 Å². The number of hydrogen-bond donors (Lipinski definition) is 4. The minimum absolute atomic E-state index is 0.219. The van der Waals surface area contributed by atoms with Crippen molar-refractivity contribution in [2.45, 2.75) is 37.9 Å². The maximum absolute atomic E-state index is 12.5. The molecule has 0 bridgehead atoms. The fourth-order valence-electron chi connectivity index (χ4n) is 3.01. The highest BCUT2D eigenvalue weighted by atomic mass is 16.4. The smallest absolute Gasteiger partial charge is 0.326 e. The second-order valence-corrected chi connectivity index (χ2v) is 6.38. The third-order valence-electron chi connectivity index (χ3n) is 4.44. The van der Waals surface area contributed by atoms with Crippen molar-refractivity contribution in [2.75, 3.05) is 13.1 Å². The molecule has 1 aromatic rings. The predicted octanol–water partition coefficient (Wildman–Crippen LogP) is -0.0767. The Labute approximate surface area is 156 Å². The van der Waals surface area contributed by atoms with E-state index in [2.05, 4.69) is 10.6 Å². The van der Waals surface area contributed by atoms with Crippen LogP contribution in [-0.4, -0.2) is 70.1 Å². The van der Waals surface area contributed by atoms with Crippen molar-refractivity contribution in [3.63, 3.8) is 0 Å². The van der Waals surface area contributed by atoms with Crippen LogP contribution in [0.3, 0.4) is 0 Å². The molecule has 4 N–H and O–H groups in total. The highest BCUT2D eigenvalue weighted by Gasteiger charge is 2.36. The summed E-state index contributed by atoms with van der Waals surface area (Å²) in [6, 6.07) is 5.36. The van der Waals surface area contributed by atoms with E-state index in [0.717, 1.165) is 0 Å². The van der Waals surface area contributed by atoms with Gasteiger partial charge in [0.15, 0.2) is 0 Å². The van der Waals surface area contributed by atoms with E-state index in [1.165, 1.54) is 11.8 Å². The van der Waals surface area contributed by atoms with Crippen molar-refractivity contribution in [1.29, 1.82) is 0 Å². The molecule has 0 aliphatic carbocycles. The molecular weight excluding hydrogens is 354 g/mol. The standard InChI is InChI=1S/C18H23N3O6/c1-11(16(23)21-9-5-8-14(21)18(26)27)20-13(17(24)25)10-19-15(22)12-6-3-2-4-7-12/h2-4,6-7,11,13-14,20H,5,8-10H2,1H3,(H,19,22)(H,24,25)(H,26,27)/t11-,13-,14-/m0/s1. The van der Waals surface area contributed by atoms with Crippen LogP contribution >= 0.6 is 0 Å². The summed E-state index contributed by atoms with van der Waals surface area (Å²) in [5.41, 5.74) is 0.395. The summed E-state index contributed by atoms with van der Waals surface area (Å²) in [6.45, 7) is 1.59. The minimum Gasteiger partial charge on any atom is -0.480 e. The molecule has 0 spiro atoms. The zero-order valence-electron chi connectivity index (χ0n) is 14.9. The Hall–Kier alpha value is -2.94. The van der Waals surface area contributed by atoms with E-state index >= 15 is 0 Å². The van der Waals surface area contributed by atoms with Crippen molar-refractivity contribution in [3.8, 4) is 0 Å². The maximum atomic E-state index is 12.5. The number of hydrogen-bond acceptors (Lipinski definition) is 5. The molecule has 9 heteroatoms. The molecule has 146 valence electrons. The number of aliphatic carboxylic acids is 2. The van der Waals surface area contributed by atoms with Crippen molar-refractivity contribution < 1.29 is 29.4 Å². The Morgan fingerprint density at radius 1 is 1.19 bits per heavy atom. The number of carboxylic acids is 2. The van der Waals surface area contributed by atoms with Gasteiger partial charge in [0.25, 0.3) is 5.91 Å². The number of rotatable bonds is 8. The number of benzene rings is 1. The molecular formula is C18H23N3O6. The molecule has 3 atom stereocenters. The van der Waals surface area contributed by atoms with Gasteiger partial charge in [-0.2, -0.15) is 0 Å². The van der Waals surface area contributed by atoms with E-state index in [-0.39, 0.29) is 6.54 Å². The summed E-state index contributed by atoms with van der Waals surface area (Å²) in [5.74, 6) is -3.19. The van der Waals surface area contributed by atoms with Crippen LogP contribution in [-0.2, 0) is 14.4 Å². The highest BCUT2D eigenvalue weighted by molar-refractivity contribution is 5.94. The van der Waals surface area contributed by atoms with Gasteiger partial charge in [-0.3, -0.25) is 19.7 Å². The lowest BCUT2D eigenvalue weighted by Gasteiger charge is -2.27. The van der Waals surface area contributed by atoms with Gasteiger partial charge in [0.1, 0.15) is 12.1 Å². The SMILES string of the molecule is C[C@H](N[C@@H](CNC(=O)c1ccccc1)C(=O)O)C(=O)N1CCC[C@H]1C(=O)O. The molecule has 0 saturated carbocycles. The predicted molar refractivity (Wildman–Crippen MR) is 95.2 cm³/mol. The van der Waals surface area contributed by atoms with Crippen LogP contribution in [0.25, 0.3) is 0 Å². The third-order valence-corrected chi connectivity index (χ3v) is 4.44. The molecule has 1 aliphatic rings. The second kappa shape index (κ2) is 9.13. The number of carboxylic acid groups (broad SMARTS) is 2. The van der Waals surface area contributed by atoms with Crippen LogP contribution in [0.2, 0.25) is 0 Å². The summed E-state index contributed by atoms with van der Waals surface area (Å²) < 4.78 is 0. The fourth-order valence-corrected chi connectivity index (χ4v) is 3.01. The largest absolute Gasteiger partial charge is 0.480 e. The molecule has 0 aromatic heterocycles. The number of nitrogens with zero attached hydrogens (tertiary/aromatic N) is 1. The fraction of sp³-hybridized carbons (Fsp3) is 0.444. The third kappa shape index (κ3) is 5.27. The summed E-state index contributed by atoms with van der Waals surface area (Å²) in [5, 5.41) is 23.7. The molecule has 1 aliphatic heterocycles. The van der Waals surface area contributed by atoms with Gasteiger partial charge in [-0.25, -0.2) is 4.79 Å². The first-order valence-electron chi connectivity index (χ1n) is 8.66. The van der Waals surface area contributed by atoms with Gasteiger partial charge >= 0.3 is 11.9 Å². The topological polar surface area (TPSA) is 136 Å². The molecule has 1 heterocycles. The molecule has 27 heavy (non-hydrogen) atoms. The lowest BCUT2D eigenvalue weighted by Crippen LogP contribution is -2.55. The zero-order chi connectivity index (χ0) is 20.0.